The Morgan fingerprint density at radius 1 is 1.26 bits per heavy atom. The van der Waals surface area contributed by atoms with Gasteiger partial charge in [-0.3, -0.25) is 9.69 Å². The van der Waals surface area contributed by atoms with E-state index in [9.17, 15) is 19.8 Å². The van der Waals surface area contributed by atoms with Gasteiger partial charge in [-0.2, -0.15) is 0 Å². The number of phenolic OH excluding ortho intramolecular Hbond substituents is 1. The standard InChI is InChI=1S/C13H13NO5/c1-19-13(18)11-6-10(16)7-14(11)12(17)8-2-4-9(15)5-3-8/h2-5,7,11,15-16H,6H2,1H3/t11-/m0/s1. The minimum absolute atomic E-state index is 0.0382. The molecule has 0 unspecified atom stereocenters. The Bertz CT molecular complexity index is 534. The molecule has 1 aromatic rings. The fraction of sp³-hybridized carbons (Fsp3) is 0.231. The van der Waals surface area contributed by atoms with Crippen LogP contribution in [0.4, 0.5) is 0 Å². The van der Waals surface area contributed by atoms with Crippen molar-refractivity contribution in [3.05, 3.63) is 41.8 Å². The van der Waals surface area contributed by atoms with E-state index in [4.69, 9.17) is 0 Å². The lowest BCUT2D eigenvalue weighted by atomic mass is 10.1. The van der Waals surface area contributed by atoms with Crippen molar-refractivity contribution in [2.24, 2.45) is 0 Å². The summed E-state index contributed by atoms with van der Waals surface area (Å²) in [4.78, 5) is 24.9. The molecule has 1 amide bonds. The highest BCUT2D eigenvalue weighted by Gasteiger charge is 2.35. The number of aliphatic hydroxyl groups excluding tert-OH is 1. The number of phenols is 1. The van der Waals surface area contributed by atoms with E-state index >= 15 is 0 Å². The van der Waals surface area contributed by atoms with Gasteiger partial charge in [-0.1, -0.05) is 0 Å². The quantitative estimate of drug-likeness (QED) is 0.782. The second-order valence-electron chi connectivity index (χ2n) is 4.12. The van der Waals surface area contributed by atoms with Crippen molar-refractivity contribution >= 4 is 11.9 Å². The Kier molecular flexibility index (Phi) is 3.41. The average Bonchev–Trinajstić information content (AvgIpc) is 2.80. The van der Waals surface area contributed by atoms with Crippen LogP contribution in [0.3, 0.4) is 0 Å². The van der Waals surface area contributed by atoms with Gasteiger partial charge >= 0.3 is 5.97 Å². The second-order valence-corrected chi connectivity index (χ2v) is 4.12. The van der Waals surface area contributed by atoms with Crippen LogP contribution in [0.15, 0.2) is 36.2 Å². The van der Waals surface area contributed by atoms with Gasteiger partial charge in [0.1, 0.15) is 17.6 Å². The molecule has 0 bridgehead atoms. The monoisotopic (exact) mass is 263 g/mol. The fourth-order valence-corrected chi connectivity index (χ4v) is 1.89. The van der Waals surface area contributed by atoms with Gasteiger partial charge in [0.2, 0.25) is 0 Å². The number of aromatic hydroxyl groups is 1. The third kappa shape index (κ3) is 2.52. The number of carbonyl (C=O) groups excluding carboxylic acids is 2. The predicted octanol–water partition coefficient (Wildman–Crippen LogP) is 1.18. The van der Waals surface area contributed by atoms with Gasteiger partial charge in [0, 0.05) is 18.2 Å². The highest BCUT2D eigenvalue weighted by molar-refractivity contribution is 5.98. The molecule has 6 nitrogen and oxygen atoms in total. The zero-order chi connectivity index (χ0) is 14.0. The molecular weight excluding hydrogens is 250 g/mol. The number of rotatable bonds is 2. The molecule has 1 atom stereocenters. The fourth-order valence-electron chi connectivity index (χ4n) is 1.89. The number of ether oxygens (including phenoxy) is 1. The minimum Gasteiger partial charge on any atom is -0.511 e. The molecule has 0 radical (unpaired) electrons. The maximum Gasteiger partial charge on any atom is 0.329 e. The van der Waals surface area contributed by atoms with Crippen LogP contribution in [-0.4, -0.2) is 40.1 Å². The summed E-state index contributed by atoms with van der Waals surface area (Å²) in [6.45, 7) is 0. The number of methoxy groups -OCH3 is 1. The molecule has 100 valence electrons. The Balaban J connectivity index is 2.26. The molecule has 1 aliphatic heterocycles. The van der Waals surface area contributed by atoms with Crippen molar-refractivity contribution in [1.82, 2.24) is 4.90 Å². The van der Waals surface area contributed by atoms with Crippen molar-refractivity contribution in [2.45, 2.75) is 12.5 Å². The molecule has 1 heterocycles. The highest BCUT2D eigenvalue weighted by atomic mass is 16.5. The van der Waals surface area contributed by atoms with Crippen LogP contribution < -0.4 is 0 Å². The maximum atomic E-state index is 12.2. The third-order valence-corrected chi connectivity index (χ3v) is 2.85. The van der Waals surface area contributed by atoms with Crippen LogP contribution >= 0.6 is 0 Å². The van der Waals surface area contributed by atoms with E-state index in [0.29, 0.717) is 5.56 Å². The number of nitrogens with zero attached hydrogens (tertiary/aromatic N) is 1. The summed E-state index contributed by atoms with van der Waals surface area (Å²) >= 11 is 0. The minimum atomic E-state index is -0.855. The summed E-state index contributed by atoms with van der Waals surface area (Å²) in [5.74, 6) is -1.05. The van der Waals surface area contributed by atoms with Gasteiger partial charge in [0.15, 0.2) is 0 Å². The van der Waals surface area contributed by atoms with E-state index in [0.717, 1.165) is 4.90 Å². The number of esters is 1. The molecule has 1 aromatic carbocycles. The van der Waals surface area contributed by atoms with Gasteiger partial charge in [0.25, 0.3) is 5.91 Å². The predicted molar refractivity (Wildman–Crippen MR) is 65.4 cm³/mol. The van der Waals surface area contributed by atoms with Gasteiger partial charge in [-0.15, -0.1) is 0 Å². The first kappa shape index (κ1) is 12.9. The smallest absolute Gasteiger partial charge is 0.329 e. The molecule has 19 heavy (non-hydrogen) atoms. The molecule has 0 fully saturated rings. The number of amides is 1. The summed E-state index contributed by atoms with van der Waals surface area (Å²) in [5.41, 5.74) is 0.303. The normalized spacial score (nSPS) is 18.1. The van der Waals surface area contributed by atoms with E-state index in [1.54, 1.807) is 0 Å². The number of carbonyl (C=O) groups is 2. The summed E-state index contributed by atoms with van der Waals surface area (Å²) in [6.07, 6.45) is 1.26. The van der Waals surface area contributed by atoms with Gasteiger partial charge in [-0.25, -0.2) is 4.79 Å². The van der Waals surface area contributed by atoms with E-state index in [-0.39, 0.29) is 17.9 Å². The topological polar surface area (TPSA) is 87.1 Å². The van der Waals surface area contributed by atoms with Crippen molar-refractivity contribution in [3.8, 4) is 5.75 Å². The van der Waals surface area contributed by atoms with Crippen molar-refractivity contribution in [1.29, 1.82) is 0 Å². The van der Waals surface area contributed by atoms with Crippen LogP contribution in [0.1, 0.15) is 16.8 Å². The van der Waals surface area contributed by atoms with Crippen LogP contribution in [0, 0.1) is 0 Å². The Morgan fingerprint density at radius 3 is 2.47 bits per heavy atom. The molecule has 2 rings (SSSR count). The van der Waals surface area contributed by atoms with Crippen LogP contribution in [0.5, 0.6) is 5.75 Å². The molecule has 0 saturated heterocycles. The summed E-state index contributed by atoms with van der Waals surface area (Å²) in [6, 6.07) is 4.77. The molecule has 0 aromatic heterocycles. The Hall–Kier alpha value is -2.50. The van der Waals surface area contributed by atoms with E-state index < -0.39 is 17.9 Å². The van der Waals surface area contributed by atoms with Crippen molar-refractivity contribution in [3.63, 3.8) is 0 Å². The summed E-state index contributed by atoms with van der Waals surface area (Å²) in [5, 5.41) is 18.6. The number of hydrogen-bond acceptors (Lipinski definition) is 5. The molecule has 0 saturated carbocycles. The lowest BCUT2D eigenvalue weighted by Crippen LogP contribution is -2.39. The number of benzene rings is 1. The first-order valence-electron chi connectivity index (χ1n) is 5.62. The SMILES string of the molecule is COC(=O)[C@@H]1CC(O)=CN1C(=O)c1ccc(O)cc1. The molecule has 2 N–H and O–H groups in total. The zero-order valence-corrected chi connectivity index (χ0v) is 10.2. The molecule has 0 aliphatic carbocycles. The lowest BCUT2D eigenvalue weighted by molar-refractivity contribution is -0.144. The van der Waals surface area contributed by atoms with Crippen molar-refractivity contribution in [2.75, 3.05) is 7.11 Å². The van der Waals surface area contributed by atoms with Crippen LogP contribution in [0.2, 0.25) is 0 Å². The zero-order valence-electron chi connectivity index (χ0n) is 10.2. The molecule has 0 spiro atoms. The van der Waals surface area contributed by atoms with E-state index in [2.05, 4.69) is 4.74 Å². The number of aliphatic hydroxyl groups is 1. The first-order valence-corrected chi connectivity index (χ1v) is 5.62. The summed E-state index contributed by atoms with van der Waals surface area (Å²) in [7, 11) is 1.22. The van der Waals surface area contributed by atoms with Gasteiger partial charge < -0.3 is 14.9 Å². The lowest BCUT2D eigenvalue weighted by Gasteiger charge is -2.21. The highest BCUT2D eigenvalue weighted by Crippen LogP contribution is 2.23. The number of hydrogen-bond donors (Lipinski definition) is 2. The first-order chi connectivity index (χ1) is 9.02. The average molecular weight is 263 g/mol. The summed E-state index contributed by atoms with van der Waals surface area (Å²) < 4.78 is 4.60. The second kappa shape index (κ2) is 5.01. The van der Waals surface area contributed by atoms with Crippen molar-refractivity contribution < 1.29 is 24.5 Å². The van der Waals surface area contributed by atoms with E-state index in [1.807, 2.05) is 0 Å². The Labute approximate surface area is 109 Å². The van der Waals surface area contributed by atoms with Crippen LogP contribution in [0.25, 0.3) is 0 Å². The maximum absolute atomic E-state index is 12.2. The van der Waals surface area contributed by atoms with Gasteiger partial charge in [0.05, 0.1) is 7.11 Å². The third-order valence-electron chi connectivity index (χ3n) is 2.85. The molecular formula is C13H13NO5. The van der Waals surface area contributed by atoms with Gasteiger partial charge in [-0.05, 0) is 24.3 Å². The molecule has 1 aliphatic rings. The molecule has 6 heteroatoms. The largest absolute Gasteiger partial charge is 0.511 e. The van der Waals surface area contributed by atoms with Crippen LogP contribution in [-0.2, 0) is 9.53 Å². The van der Waals surface area contributed by atoms with E-state index in [1.165, 1.54) is 37.6 Å². The Morgan fingerprint density at radius 2 is 1.89 bits per heavy atom.